The minimum absolute atomic E-state index is 0.441. The minimum Gasteiger partial charge on any atom is -0.357 e. The van der Waals surface area contributed by atoms with Crippen molar-refractivity contribution in [2.45, 2.75) is 26.6 Å². The van der Waals surface area contributed by atoms with Gasteiger partial charge in [-0.25, -0.2) is 0 Å². The molecule has 2 aromatic heterocycles. The third-order valence-electron chi connectivity index (χ3n) is 3.88. The van der Waals surface area contributed by atoms with Crippen LogP contribution in [0, 0.1) is 0 Å². The molecule has 2 heterocycles. The van der Waals surface area contributed by atoms with Gasteiger partial charge < -0.3 is 10.6 Å². The summed E-state index contributed by atoms with van der Waals surface area (Å²) in [7, 11) is 0. The first-order chi connectivity index (χ1) is 13.0. The van der Waals surface area contributed by atoms with Gasteiger partial charge in [0.25, 0.3) is 0 Å². The summed E-state index contributed by atoms with van der Waals surface area (Å²) >= 11 is 23.9. The summed E-state index contributed by atoms with van der Waals surface area (Å²) in [5.74, 6) is 0.616. The SMILES string of the molecule is CCn1ncc(Cl)c1CNC(=S)Nc1ccn(Cc2c(Cl)cccc2Cl)n1. The highest BCUT2D eigenvalue weighted by Gasteiger charge is 2.10. The van der Waals surface area contributed by atoms with Gasteiger partial charge in [-0.1, -0.05) is 40.9 Å². The van der Waals surface area contributed by atoms with Gasteiger partial charge in [0.2, 0.25) is 0 Å². The molecule has 6 nitrogen and oxygen atoms in total. The number of nitrogens with zero attached hydrogens (tertiary/aromatic N) is 4. The normalized spacial score (nSPS) is 10.8. The Morgan fingerprint density at radius 3 is 2.59 bits per heavy atom. The van der Waals surface area contributed by atoms with Crippen molar-refractivity contribution in [2.75, 3.05) is 5.32 Å². The predicted octanol–water partition coefficient (Wildman–Crippen LogP) is 4.59. The molecule has 0 aliphatic carbocycles. The first-order valence-electron chi connectivity index (χ1n) is 8.19. The summed E-state index contributed by atoms with van der Waals surface area (Å²) < 4.78 is 3.56. The summed E-state index contributed by atoms with van der Waals surface area (Å²) in [4.78, 5) is 0. The van der Waals surface area contributed by atoms with Gasteiger partial charge in [0.15, 0.2) is 10.9 Å². The van der Waals surface area contributed by atoms with Crippen molar-refractivity contribution in [3.63, 3.8) is 0 Å². The van der Waals surface area contributed by atoms with Crippen LogP contribution in [0.2, 0.25) is 15.1 Å². The number of aryl methyl sites for hydroxylation is 1. The Kier molecular flexibility index (Phi) is 6.59. The van der Waals surface area contributed by atoms with Gasteiger partial charge >= 0.3 is 0 Å². The van der Waals surface area contributed by atoms with E-state index in [9.17, 15) is 0 Å². The van der Waals surface area contributed by atoms with E-state index < -0.39 is 0 Å². The molecule has 27 heavy (non-hydrogen) atoms. The van der Waals surface area contributed by atoms with E-state index in [2.05, 4.69) is 20.8 Å². The number of benzene rings is 1. The highest BCUT2D eigenvalue weighted by molar-refractivity contribution is 7.80. The lowest BCUT2D eigenvalue weighted by Crippen LogP contribution is -2.29. The number of aromatic nitrogens is 4. The fourth-order valence-corrected chi connectivity index (χ4v) is 3.42. The number of nitrogens with one attached hydrogen (secondary N) is 2. The van der Waals surface area contributed by atoms with Crippen LogP contribution >= 0.6 is 47.0 Å². The lowest BCUT2D eigenvalue weighted by atomic mass is 10.2. The van der Waals surface area contributed by atoms with Crippen molar-refractivity contribution < 1.29 is 0 Å². The summed E-state index contributed by atoms with van der Waals surface area (Å²) in [6.07, 6.45) is 3.45. The van der Waals surface area contributed by atoms with Crippen molar-refractivity contribution >= 4 is 58.0 Å². The molecule has 3 rings (SSSR count). The van der Waals surface area contributed by atoms with Crippen LogP contribution in [0.4, 0.5) is 5.82 Å². The molecule has 2 N–H and O–H groups in total. The molecule has 0 saturated carbocycles. The Balaban J connectivity index is 1.59. The van der Waals surface area contributed by atoms with Crippen LogP contribution in [0.5, 0.6) is 0 Å². The molecule has 0 aliphatic heterocycles. The molecule has 0 aliphatic rings. The average Bonchev–Trinajstić information content (AvgIpc) is 3.22. The number of thiocarbonyl (C=S) groups is 1. The van der Waals surface area contributed by atoms with E-state index in [0.29, 0.717) is 39.1 Å². The van der Waals surface area contributed by atoms with E-state index in [4.69, 9.17) is 47.0 Å². The summed E-state index contributed by atoms with van der Waals surface area (Å²) in [5.41, 5.74) is 1.70. The lowest BCUT2D eigenvalue weighted by Gasteiger charge is -2.10. The van der Waals surface area contributed by atoms with Gasteiger partial charge in [-0.15, -0.1) is 0 Å². The fraction of sp³-hybridized carbons (Fsp3) is 0.235. The van der Waals surface area contributed by atoms with Crippen molar-refractivity contribution in [2.24, 2.45) is 0 Å². The largest absolute Gasteiger partial charge is 0.357 e. The van der Waals surface area contributed by atoms with Gasteiger partial charge in [-0.2, -0.15) is 10.2 Å². The van der Waals surface area contributed by atoms with Gasteiger partial charge in [-0.3, -0.25) is 9.36 Å². The van der Waals surface area contributed by atoms with E-state index >= 15 is 0 Å². The number of hydrogen-bond donors (Lipinski definition) is 2. The summed E-state index contributed by atoms with van der Waals surface area (Å²) in [6.45, 7) is 3.67. The van der Waals surface area contributed by atoms with Gasteiger partial charge in [0, 0.05) is 34.4 Å². The Labute approximate surface area is 177 Å². The number of hydrogen-bond acceptors (Lipinski definition) is 3. The molecule has 1 aromatic carbocycles. The Bertz CT molecular complexity index is 932. The predicted molar refractivity (Wildman–Crippen MR) is 114 cm³/mol. The molecule has 0 radical (unpaired) electrons. The maximum absolute atomic E-state index is 6.21. The van der Waals surface area contributed by atoms with Gasteiger partial charge in [0.1, 0.15) is 0 Å². The monoisotopic (exact) mass is 442 g/mol. The van der Waals surface area contributed by atoms with Crippen LogP contribution in [0.3, 0.4) is 0 Å². The molecule has 0 amide bonds. The Hall–Kier alpha value is -1.80. The van der Waals surface area contributed by atoms with E-state index in [-0.39, 0.29) is 0 Å². The molecular formula is C17H17Cl3N6S. The quantitative estimate of drug-likeness (QED) is 0.545. The maximum atomic E-state index is 6.21. The van der Waals surface area contributed by atoms with E-state index in [1.165, 1.54) is 0 Å². The molecule has 10 heteroatoms. The standard InChI is InChI=1S/C17H17Cl3N6S/c1-2-26-15(14(20)8-22-26)9-21-17(27)23-16-6-7-25(24-16)10-11-12(18)4-3-5-13(11)19/h3-8H,2,9-10H2,1H3,(H2,21,23,24,27). The number of anilines is 1. The second-order valence-corrected chi connectivity index (χ2v) is 7.29. The smallest absolute Gasteiger partial charge is 0.172 e. The third-order valence-corrected chi connectivity index (χ3v) is 5.15. The van der Waals surface area contributed by atoms with Crippen molar-refractivity contribution in [3.8, 4) is 0 Å². The van der Waals surface area contributed by atoms with Gasteiger partial charge in [0.05, 0.1) is 30.0 Å². The Morgan fingerprint density at radius 2 is 1.89 bits per heavy atom. The molecule has 0 spiro atoms. The molecule has 3 aromatic rings. The van der Waals surface area contributed by atoms with E-state index in [1.54, 1.807) is 23.0 Å². The zero-order valence-electron chi connectivity index (χ0n) is 14.4. The molecule has 0 bridgehead atoms. The summed E-state index contributed by atoms with van der Waals surface area (Å²) in [6, 6.07) is 7.24. The second kappa shape index (κ2) is 8.93. The minimum atomic E-state index is 0.441. The lowest BCUT2D eigenvalue weighted by molar-refractivity contribution is 0.614. The van der Waals surface area contributed by atoms with Crippen LogP contribution in [0.15, 0.2) is 36.7 Å². The number of halogens is 3. The topological polar surface area (TPSA) is 59.7 Å². The zero-order chi connectivity index (χ0) is 19.4. The Morgan fingerprint density at radius 1 is 1.15 bits per heavy atom. The van der Waals surface area contributed by atoms with Crippen molar-refractivity contribution in [1.82, 2.24) is 24.9 Å². The fourth-order valence-electron chi connectivity index (χ4n) is 2.52. The highest BCUT2D eigenvalue weighted by Crippen LogP contribution is 2.25. The molecular weight excluding hydrogens is 427 g/mol. The molecule has 142 valence electrons. The molecule has 0 fully saturated rings. The van der Waals surface area contributed by atoms with Gasteiger partial charge in [-0.05, 0) is 31.3 Å². The third kappa shape index (κ3) is 4.93. The molecule has 0 unspecified atom stereocenters. The first kappa shape index (κ1) is 19.9. The van der Waals surface area contributed by atoms with E-state index in [1.807, 2.05) is 29.9 Å². The molecule has 0 saturated heterocycles. The zero-order valence-corrected chi connectivity index (χ0v) is 17.5. The van der Waals surface area contributed by atoms with Crippen molar-refractivity contribution in [1.29, 1.82) is 0 Å². The van der Waals surface area contributed by atoms with Crippen LogP contribution < -0.4 is 10.6 Å². The first-order valence-corrected chi connectivity index (χ1v) is 9.73. The van der Waals surface area contributed by atoms with Crippen LogP contribution in [-0.2, 0) is 19.6 Å². The second-order valence-electron chi connectivity index (χ2n) is 5.66. The maximum Gasteiger partial charge on any atom is 0.172 e. The molecule has 0 atom stereocenters. The average molecular weight is 444 g/mol. The summed E-state index contributed by atoms with van der Waals surface area (Å²) in [5, 5.41) is 17.1. The highest BCUT2D eigenvalue weighted by atomic mass is 35.5. The van der Waals surface area contributed by atoms with Crippen LogP contribution in [0.1, 0.15) is 18.2 Å². The van der Waals surface area contributed by atoms with Crippen molar-refractivity contribution in [3.05, 3.63) is 63.0 Å². The van der Waals surface area contributed by atoms with E-state index in [0.717, 1.165) is 17.8 Å². The van der Waals surface area contributed by atoms with Crippen LogP contribution in [0.25, 0.3) is 0 Å². The number of rotatable bonds is 6. The van der Waals surface area contributed by atoms with Crippen LogP contribution in [-0.4, -0.2) is 24.7 Å².